The second kappa shape index (κ2) is 5.94. The molecular formula is C14H19BrN2OS. The van der Waals surface area contributed by atoms with Crippen LogP contribution in [0.4, 0.5) is 0 Å². The number of nitrogens with one attached hydrogen (secondary N) is 2. The number of rotatable bonds is 4. The van der Waals surface area contributed by atoms with Crippen molar-refractivity contribution in [2.75, 3.05) is 13.1 Å². The van der Waals surface area contributed by atoms with Crippen molar-refractivity contribution in [3.05, 3.63) is 20.8 Å². The molecule has 2 fully saturated rings. The van der Waals surface area contributed by atoms with Crippen LogP contribution in [0.15, 0.2) is 15.9 Å². The summed E-state index contributed by atoms with van der Waals surface area (Å²) in [6.45, 7) is 1.77. The highest BCUT2D eigenvalue weighted by Crippen LogP contribution is 2.37. The number of hydrogen-bond acceptors (Lipinski definition) is 3. The Balaban J connectivity index is 1.46. The van der Waals surface area contributed by atoms with Crippen LogP contribution in [0.1, 0.15) is 24.1 Å². The molecule has 0 bridgehead atoms. The van der Waals surface area contributed by atoms with E-state index >= 15 is 0 Å². The summed E-state index contributed by atoms with van der Waals surface area (Å²) in [7, 11) is 0. The standard InChI is InChI=1S/C14H19BrN2OS/c15-12-5-4-10(19-12)6-7-16-14(18)13-11-3-1-2-9(11)8-17-13/h4-5,9,11,13,17H,1-3,6-8H2,(H,16,18). The number of hydrogen-bond donors (Lipinski definition) is 2. The lowest BCUT2D eigenvalue weighted by atomic mass is 9.93. The van der Waals surface area contributed by atoms with Gasteiger partial charge >= 0.3 is 0 Å². The van der Waals surface area contributed by atoms with Gasteiger partial charge in [0.1, 0.15) is 0 Å². The normalized spacial score (nSPS) is 29.4. The Morgan fingerprint density at radius 2 is 2.37 bits per heavy atom. The largest absolute Gasteiger partial charge is 0.354 e. The average Bonchev–Trinajstić information content (AvgIpc) is 3.04. The fraction of sp³-hybridized carbons (Fsp3) is 0.643. The minimum Gasteiger partial charge on any atom is -0.354 e. The number of fused-ring (bicyclic) bond motifs is 1. The van der Waals surface area contributed by atoms with Gasteiger partial charge in [0.2, 0.25) is 5.91 Å². The molecule has 1 aromatic heterocycles. The summed E-state index contributed by atoms with van der Waals surface area (Å²) in [6, 6.07) is 4.23. The Hall–Kier alpha value is -0.390. The zero-order chi connectivity index (χ0) is 13.2. The summed E-state index contributed by atoms with van der Waals surface area (Å²) < 4.78 is 1.15. The molecule has 2 aliphatic rings. The fourth-order valence-corrected chi connectivity index (χ4v) is 4.86. The van der Waals surface area contributed by atoms with E-state index in [2.05, 4.69) is 38.7 Å². The topological polar surface area (TPSA) is 41.1 Å². The predicted octanol–water partition coefficient (Wildman–Crippen LogP) is 2.56. The quantitative estimate of drug-likeness (QED) is 0.882. The van der Waals surface area contributed by atoms with E-state index in [9.17, 15) is 4.79 Å². The fourth-order valence-electron chi connectivity index (χ4n) is 3.38. The minimum absolute atomic E-state index is 0.0579. The molecule has 19 heavy (non-hydrogen) atoms. The van der Waals surface area contributed by atoms with Crippen molar-refractivity contribution in [1.82, 2.24) is 10.6 Å². The maximum Gasteiger partial charge on any atom is 0.237 e. The second-order valence-corrected chi connectivity index (χ2v) is 8.04. The Bertz CT molecular complexity index is 462. The predicted molar refractivity (Wildman–Crippen MR) is 81.4 cm³/mol. The molecule has 104 valence electrons. The van der Waals surface area contributed by atoms with Crippen LogP contribution in [0.2, 0.25) is 0 Å². The van der Waals surface area contributed by atoms with Gasteiger partial charge < -0.3 is 10.6 Å². The minimum atomic E-state index is 0.0579. The highest BCUT2D eigenvalue weighted by atomic mass is 79.9. The van der Waals surface area contributed by atoms with Crippen LogP contribution in [-0.4, -0.2) is 25.0 Å². The van der Waals surface area contributed by atoms with Gasteiger partial charge in [0.15, 0.2) is 0 Å². The summed E-state index contributed by atoms with van der Waals surface area (Å²) in [5, 5.41) is 6.48. The zero-order valence-electron chi connectivity index (χ0n) is 10.8. The van der Waals surface area contributed by atoms with Gasteiger partial charge in [-0.25, -0.2) is 0 Å². The van der Waals surface area contributed by atoms with E-state index in [0.29, 0.717) is 5.92 Å². The summed E-state index contributed by atoms with van der Waals surface area (Å²) >= 11 is 5.20. The van der Waals surface area contributed by atoms with Crippen molar-refractivity contribution in [2.24, 2.45) is 11.8 Å². The molecule has 3 nitrogen and oxygen atoms in total. The zero-order valence-corrected chi connectivity index (χ0v) is 13.2. The number of halogens is 1. The summed E-state index contributed by atoms with van der Waals surface area (Å²) in [5.74, 6) is 1.52. The molecule has 1 aliphatic carbocycles. The van der Waals surface area contributed by atoms with E-state index in [0.717, 1.165) is 29.2 Å². The van der Waals surface area contributed by atoms with Crippen molar-refractivity contribution in [1.29, 1.82) is 0 Å². The van der Waals surface area contributed by atoms with E-state index in [1.807, 2.05) is 0 Å². The van der Waals surface area contributed by atoms with Crippen LogP contribution >= 0.6 is 27.3 Å². The van der Waals surface area contributed by atoms with Gasteiger partial charge in [0.05, 0.1) is 9.83 Å². The molecule has 3 atom stereocenters. The molecule has 1 amide bonds. The molecule has 1 aliphatic heterocycles. The highest BCUT2D eigenvalue weighted by molar-refractivity contribution is 9.11. The first-order valence-electron chi connectivity index (χ1n) is 6.99. The second-order valence-electron chi connectivity index (χ2n) is 5.49. The SMILES string of the molecule is O=C(NCCc1ccc(Br)s1)C1NCC2CCCC21. The molecule has 1 saturated carbocycles. The first-order valence-corrected chi connectivity index (χ1v) is 8.60. The van der Waals surface area contributed by atoms with Crippen LogP contribution in [0.3, 0.4) is 0 Å². The van der Waals surface area contributed by atoms with Crippen molar-refractivity contribution < 1.29 is 4.79 Å². The van der Waals surface area contributed by atoms with Crippen molar-refractivity contribution in [3.8, 4) is 0 Å². The first kappa shape index (κ1) is 13.6. The summed E-state index contributed by atoms with van der Waals surface area (Å²) in [6.07, 6.45) is 4.73. The Morgan fingerprint density at radius 1 is 1.47 bits per heavy atom. The smallest absolute Gasteiger partial charge is 0.237 e. The molecule has 3 rings (SSSR count). The van der Waals surface area contributed by atoms with E-state index in [1.54, 1.807) is 11.3 Å². The Morgan fingerprint density at radius 3 is 3.16 bits per heavy atom. The van der Waals surface area contributed by atoms with Gasteiger partial charge in [-0.3, -0.25) is 4.79 Å². The number of carbonyl (C=O) groups excluding carboxylic acids is 1. The lowest BCUT2D eigenvalue weighted by Gasteiger charge is -2.17. The van der Waals surface area contributed by atoms with Crippen LogP contribution in [-0.2, 0) is 11.2 Å². The van der Waals surface area contributed by atoms with Crippen LogP contribution in [0, 0.1) is 11.8 Å². The van der Waals surface area contributed by atoms with Crippen molar-refractivity contribution in [3.63, 3.8) is 0 Å². The third-order valence-electron chi connectivity index (χ3n) is 4.33. The summed E-state index contributed by atoms with van der Waals surface area (Å²) in [5.41, 5.74) is 0. The van der Waals surface area contributed by atoms with Crippen molar-refractivity contribution >= 4 is 33.2 Å². The number of thiophene rings is 1. The maximum atomic E-state index is 12.2. The Kier molecular flexibility index (Phi) is 4.24. The van der Waals surface area contributed by atoms with E-state index in [1.165, 1.54) is 24.1 Å². The summed E-state index contributed by atoms with van der Waals surface area (Å²) in [4.78, 5) is 13.5. The third-order valence-corrected chi connectivity index (χ3v) is 6.01. The molecule has 2 N–H and O–H groups in total. The van der Waals surface area contributed by atoms with E-state index < -0.39 is 0 Å². The number of amides is 1. The van der Waals surface area contributed by atoms with E-state index in [-0.39, 0.29) is 11.9 Å². The monoisotopic (exact) mass is 342 g/mol. The molecule has 0 radical (unpaired) electrons. The van der Waals surface area contributed by atoms with Gasteiger partial charge in [-0.2, -0.15) is 0 Å². The Labute approximate surface area is 126 Å². The molecule has 3 unspecified atom stereocenters. The van der Waals surface area contributed by atoms with E-state index in [4.69, 9.17) is 0 Å². The van der Waals surface area contributed by atoms with Gasteiger partial charge in [-0.05, 0) is 65.7 Å². The maximum absolute atomic E-state index is 12.2. The molecule has 1 aromatic rings. The molecule has 1 saturated heterocycles. The average molecular weight is 343 g/mol. The van der Waals surface area contributed by atoms with Gasteiger partial charge in [-0.1, -0.05) is 6.42 Å². The molecular weight excluding hydrogens is 324 g/mol. The third kappa shape index (κ3) is 3.03. The number of carbonyl (C=O) groups is 1. The molecule has 0 spiro atoms. The lowest BCUT2D eigenvalue weighted by molar-refractivity contribution is -0.123. The highest BCUT2D eigenvalue weighted by Gasteiger charge is 2.42. The van der Waals surface area contributed by atoms with Crippen LogP contribution in [0.25, 0.3) is 0 Å². The van der Waals surface area contributed by atoms with Crippen molar-refractivity contribution in [2.45, 2.75) is 31.7 Å². The van der Waals surface area contributed by atoms with Gasteiger partial charge in [0.25, 0.3) is 0 Å². The molecule has 0 aromatic carbocycles. The van der Waals surface area contributed by atoms with Gasteiger partial charge in [0, 0.05) is 11.4 Å². The van der Waals surface area contributed by atoms with Crippen LogP contribution < -0.4 is 10.6 Å². The molecule has 2 heterocycles. The van der Waals surface area contributed by atoms with Gasteiger partial charge in [-0.15, -0.1) is 11.3 Å². The molecule has 5 heteroatoms. The first-order chi connectivity index (χ1) is 9.24. The lowest BCUT2D eigenvalue weighted by Crippen LogP contribution is -2.44. The van der Waals surface area contributed by atoms with Crippen LogP contribution in [0.5, 0.6) is 0 Å².